The third-order valence-corrected chi connectivity index (χ3v) is 1.72. The number of aryl methyl sites for hydroxylation is 1. The molecule has 0 unspecified atom stereocenters. The molecule has 0 amide bonds. The molecule has 0 aliphatic heterocycles. The van der Waals surface area contributed by atoms with Crippen molar-refractivity contribution in [1.82, 2.24) is 0 Å². The van der Waals surface area contributed by atoms with Gasteiger partial charge < -0.3 is 10.6 Å². The quantitative estimate of drug-likeness (QED) is 0.435. The summed E-state index contributed by atoms with van der Waals surface area (Å²) in [5.41, 5.74) is 2.09. The van der Waals surface area contributed by atoms with E-state index >= 15 is 0 Å². The van der Waals surface area contributed by atoms with Gasteiger partial charge in [0.1, 0.15) is 5.75 Å². The topological polar surface area (TPSA) is 47.6 Å². The van der Waals surface area contributed by atoms with E-state index in [0.29, 0.717) is 6.61 Å². The van der Waals surface area contributed by atoms with Crippen LogP contribution < -0.4 is 10.6 Å². The molecule has 1 rings (SSSR count). The van der Waals surface area contributed by atoms with Gasteiger partial charge in [0.25, 0.3) is 0 Å². The molecule has 13 heavy (non-hydrogen) atoms. The highest BCUT2D eigenvalue weighted by Crippen LogP contribution is 2.17. The van der Waals surface area contributed by atoms with E-state index in [2.05, 4.69) is 5.10 Å². The summed E-state index contributed by atoms with van der Waals surface area (Å²) >= 11 is 0. The summed E-state index contributed by atoms with van der Waals surface area (Å²) < 4.78 is 5.39. The Labute approximate surface area is 78.2 Å². The molecule has 0 radical (unpaired) electrons. The molecule has 0 fully saturated rings. The standard InChI is InChI=1S/C10H14N2O/c1-3-13-10-5-4-9(7-12-11)6-8(10)2/h4-7H,3,11H2,1-2H3. The molecule has 0 atom stereocenters. The second-order valence-electron chi connectivity index (χ2n) is 2.74. The van der Waals surface area contributed by atoms with Gasteiger partial charge in [-0.25, -0.2) is 0 Å². The Bertz CT molecular complexity index is 308. The second-order valence-corrected chi connectivity index (χ2v) is 2.74. The van der Waals surface area contributed by atoms with Gasteiger partial charge in [-0.2, -0.15) is 5.10 Å². The van der Waals surface area contributed by atoms with Gasteiger partial charge in [0.2, 0.25) is 0 Å². The fraction of sp³-hybridized carbons (Fsp3) is 0.300. The highest BCUT2D eigenvalue weighted by molar-refractivity contribution is 5.80. The first-order chi connectivity index (χ1) is 6.27. The maximum absolute atomic E-state index is 5.39. The minimum Gasteiger partial charge on any atom is -0.494 e. The highest BCUT2D eigenvalue weighted by atomic mass is 16.5. The summed E-state index contributed by atoms with van der Waals surface area (Å²) in [6.07, 6.45) is 1.61. The zero-order valence-corrected chi connectivity index (χ0v) is 7.95. The molecular weight excluding hydrogens is 164 g/mol. The van der Waals surface area contributed by atoms with E-state index in [1.165, 1.54) is 0 Å². The zero-order valence-electron chi connectivity index (χ0n) is 7.95. The van der Waals surface area contributed by atoms with Gasteiger partial charge in [0.15, 0.2) is 0 Å². The smallest absolute Gasteiger partial charge is 0.122 e. The molecule has 0 spiro atoms. The van der Waals surface area contributed by atoms with Crippen LogP contribution in [0.4, 0.5) is 0 Å². The molecule has 0 saturated heterocycles. The third kappa shape index (κ3) is 2.47. The Kier molecular flexibility index (Phi) is 3.31. The molecule has 1 aromatic carbocycles. The van der Waals surface area contributed by atoms with Crippen molar-refractivity contribution in [3.05, 3.63) is 29.3 Å². The molecule has 3 heteroatoms. The summed E-state index contributed by atoms with van der Waals surface area (Å²) in [5, 5.41) is 3.46. The fourth-order valence-electron chi connectivity index (χ4n) is 1.16. The van der Waals surface area contributed by atoms with Crippen LogP contribution in [0.5, 0.6) is 5.75 Å². The van der Waals surface area contributed by atoms with Crippen molar-refractivity contribution in [3.63, 3.8) is 0 Å². The SMILES string of the molecule is CCOc1ccc(C=NN)cc1C. The number of hydrogen-bond donors (Lipinski definition) is 1. The van der Waals surface area contributed by atoms with Crippen molar-refractivity contribution in [2.75, 3.05) is 6.61 Å². The molecule has 0 aliphatic carbocycles. The van der Waals surface area contributed by atoms with Crippen molar-refractivity contribution in [2.45, 2.75) is 13.8 Å². The number of nitrogens with zero attached hydrogens (tertiary/aromatic N) is 1. The lowest BCUT2D eigenvalue weighted by Crippen LogP contribution is -1.95. The molecular formula is C10H14N2O. The number of ether oxygens (including phenoxy) is 1. The molecule has 1 aromatic rings. The molecule has 0 bridgehead atoms. The molecule has 2 N–H and O–H groups in total. The predicted molar refractivity (Wildman–Crippen MR) is 54.1 cm³/mol. The van der Waals surface area contributed by atoms with Gasteiger partial charge in [-0.15, -0.1) is 0 Å². The number of nitrogens with two attached hydrogens (primary N) is 1. The molecule has 0 aliphatic rings. The lowest BCUT2D eigenvalue weighted by molar-refractivity contribution is 0.338. The van der Waals surface area contributed by atoms with Crippen LogP contribution in [0.3, 0.4) is 0 Å². The molecule has 0 heterocycles. The van der Waals surface area contributed by atoms with Gasteiger partial charge in [0, 0.05) is 0 Å². The summed E-state index contributed by atoms with van der Waals surface area (Å²) in [6, 6.07) is 5.84. The molecule has 3 nitrogen and oxygen atoms in total. The lowest BCUT2D eigenvalue weighted by Gasteiger charge is -2.06. The van der Waals surface area contributed by atoms with E-state index in [0.717, 1.165) is 16.9 Å². The van der Waals surface area contributed by atoms with Crippen molar-refractivity contribution >= 4 is 6.21 Å². The first-order valence-electron chi connectivity index (χ1n) is 4.24. The van der Waals surface area contributed by atoms with Crippen LogP contribution in [0.25, 0.3) is 0 Å². The predicted octanol–water partition coefficient (Wildman–Crippen LogP) is 1.69. The van der Waals surface area contributed by atoms with Gasteiger partial charge in [-0.1, -0.05) is 0 Å². The first-order valence-corrected chi connectivity index (χ1v) is 4.24. The summed E-state index contributed by atoms with van der Waals surface area (Å²) in [6.45, 7) is 4.65. The van der Waals surface area contributed by atoms with E-state index in [-0.39, 0.29) is 0 Å². The van der Waals surface area contributed by atoms with E-state index in [4.69, 9.17) is 10.6 Å². The van der Waals surface area contributed by atoms with Crippen LogP contribution in [-0.4, -0.2) is 12.8 Å². The van der Waals surface area contributed by atoms with E-state index < -0.39 is 0 Å². The normalized spacial score (nSPS) is 10.6. The Hall–Kier alpha value is -1.51. The van der Waals surface area contributed by atoms with E-state index in [1.54, 1.807) is 6.21 Å². The third-order valence-electron chi connectivity index (χ3n) is 1.72. The molecule has 0 saturated carbocycles. The minimum atomic E-state index is 0.686. The van der Waals surface area contributed by atoms with E-state index in [1.807, 2.05) is 32.0 Å². The van der Waals surface area contributed by atoms with Crippen molar-refractivity contribution in [3.8, 4) is 5.75 Å². The largest absolute Gasteiger partial charge is 0.494 e. The summed E-state index contributed by atoms with van der Waals surface area (Å²) in [5.74, 6) is 5.96. The monoisotopic (exact) mass is 178 g/mol. The average Bonchev–Trinajstić information content (AvgIpc) is 2.10. The lowest BCUT2D eigenvalue weighted by atomic mass is 10.1. The van der Waals surface area contributed by atoms with Crippen LogP contribution in [-0.2, 0) is 0 Å². The minimum absolute atomic E-state index is 0.686. The van der Waals surface area contributed by atoms with Gasteiger partial charge in [-0.05, 0) is 43.2 Å². The number of rotatable bonds is 3. The first kappa shape index (κ1) is 9.58. The van der Waals surface area contributed by atoms with Crippen LogP contribution >= 0.6 is 0 Å². The Balaban J connectivity index is 2.91. The zero-order chi connectivity index (χ0) is 9.68. The number of hydrazone groups is 1. The Morgan fingerprint density at radius 1 is 1.54 bits per heavy atom. The summed E-state index contributed by atoms with van der Waals surface area (Å²) in [4.78, 5) is 0. The summed E-state index contributed by atoms with van der Waals surface area (Å²) in [7, 11) is 0. The fourth-order valence-corrected chi connectivity index (χ4v) is 1.16. The van der Waals surface area contributed by atoms with Gasteiger partial charge in [-0.3, -0.25) is 0 Å². The van der Waals surface area contributed by atoms with Gasteiger partial charge in [0.05, 0.1) is 12.8 Å². The van der Waals surface area contributed by atoms with Crippen LogP contribution in [0.2, 0.25) is 0 Å². The Morgan fingerprint density at radius 2 is 2.31 bits per heavy atom. The number of hydrogen-bond acceptors (Lipinski definition) is 3. The average molecular weight is 178 g/mol. The second kappa shape index (κ2) is 4.50. The highest BCUT2D eigenvalue weighted by Gasteiger charge is 1.98. The molecule has 0 aromatic heterocycles. The maximum atomic E-state index is 5.39. The van der Waals surface area contributed by atoms with Crippen molar-refractivity contribution in [1.29, 1.82) is 0 Å². The molecule has 70 valence electrons. The number of benzene rings is 1. The Morgan fingerprint density at radius 3 is 2.85 bits per heavy atom. The van der Waals surface area contributed by atoms with Crippen molar-refractivity contribution < 1.29 is 4.74 Å². The maximum Gasteiger partial charge on any atom is 0.122 e. The van der Waals surface area contributed by atoms with Crippen LogP contribution in [0, 0.1) is 6.92 Å². The van der Waals surface area contributed by atoms with Crippen LogP contribution in [0.15, 0.2) is 23.3 Å². The van der Waals surface area contributed by atoms with Crippen molar-refractivity contribution in [2.24, 2.45) is 10.9 Å². The van der Waals surface area contributed by atoms with E-state index in [9.17, 15) is 0 Å². The van der Waals surface area contributed by atoms with Gasteiger partial charge >= 0.3 is 0 Å². The van der Waals surface area contributed by atoms with Crippen LogP contribution in [0.1, 0.15) is 18.1 Å².